The van der Waals surface area contributed by atoms with Crippen LogP contribution in [0.4, 0.5) is 5.69 Å². The second-order valence-electron chi connectivity index (χ2n) is 5.80. The first-order valence-corrected chi connectivity index (χ1v) is 11.0. The first-order chi connectivity index (χ1) is 12.4. The molecular weight excluding hydrogens is 386 g/mol. The maximum absolute atomic E-state index is 12.6. The van der Waals surface area contributed by atoms with Crippen LogP contribution in [0.5, 0.6) is 0 Å². The largest absolute Gasteiger partial charge is 0.279 e. The van der Waals surface area contributed by atoms with Gasteiger partial charge in [0.15, 0.2) is 0 Å². The highest BCUT2D eigenvalue weighted by Gasteiger charge is 2.19. The highest BCUT2D eigenvalue weighted by molar-refractivity contribution is 7.94. The number of nitrogens with one attached hydrogen (secondary N) is 1. The highest BCUT2D eigenvalue weighted by Crippen LogP contribution is 2.34. The number of aryl methyl sites for hydroxylation is 1. The second kappa shape index (κ2) is 6.46. The van der Waals surface area contributed by atoms with E-state index in [1.54, 1.807) is 24.4 Å². The van der Waals surface area contributed by atoms with Crippen LogP contribution in [-0.4, -0.2) is 18.4 Å². The summed E-state index contributed by atoms with van der Waals surface area (Å²) < 4.78 is 28.3. The van der Waals surface area contributed by atoms with Crippen molar-refractivity contribution in [2.24, 2.45) is 0 Å². The molecule has 0 amide bonds. The molecule has 5 nitrogen and oxygen atoms in total. The Morgan fingerprint density at radius 2 is 1.85 bits per heavy atom. The van der Waals surface area contributed by atoms with E-state index in [4.69, 9.17) is 0 Å². The Bertz CT molecular complexity index is 1180. The fraction of sp³-hybridized carbons (Fsp3) is 0.111. The lowest BCUT2D eigenvalue weighted by atomic mass is 10.1. The Kier molecular flexibility index (Phi) is 4.26. The third-order valence-corrected chi connectivity index (χ3v) is 7.83. The molecule has 0 spiro atoms. The number of anilines is 1. The minimum absolute atomic E-state index is 0.309. The number of rotatable bonds is 4. The fourth-order valence-corrected chi connectivity index (χ4v) is 6.01. The van der Waals surface area contributed by atoms with Crippen LogP contribution in [0.2, 0.25) is 0 Å². The fourth-order valence-electron chi connectivity index (χ4n) is 2.61. The van der Waals surface area contributed by atoms with Crippen LogP contribution in [0.3, 0.4) is 0 Å². The molecular formula is C18H15N3O2S3. The number of fused-ring (bicyclic) bond motifs is 1. The lowest BCUT2D eigenvalue weighted by molar-refractivity contribution is 0.603. The van der Waals surface area contributed by atoms with Gasteiger partial charge in [-0.15, -0.1) is 11.3 Å². The van der Waals surface area contributed by atoms with Gasteiger partial charge < -0.3 is 0 Å². The standard InChI is InChI=1S/C18H15N3O2S3/c1-11-8-9-16(24-11)26(22,23)21-14-6-3-5-13(12(14)2)17-20-15-7-4-10-19-18(15)25-17/h3-10,21H,1-2H3. The van der Waals surface area contributed by atoms with Crippen molar-refractivity contribution in [2.45, 2.75) is 18.1 Å². The average Bonchev–Trinajstić information content (AvgIpc) is 3.23. The Labute approximate surface area is 159 Å². The van der Waals surface area contributed by atoms with E-state index >= 15 is 0 Å². The summed E-state index contributed by atoms with van der Waals surface area (Å²) >= 11 is 2.75. The van der Waals surface area contributed by atoms with Gasteiger partial charge in [0.1, 0.15) is 19.6 Å². The van der Waals surface area contributed by atoms with E-state index in [1.807, 2.05) is 38.1 Å². The van der Waals surface area contributed by atoms with Gasteiger partial charge in [0.25, 0.3) is 10.0 Å². The number of hydrogen-bond donors (Lipinski definition) is 1. The number of sulfonamides is 1. The molecule has 0 radical (unpaired) electrons. The van der Waals surface area contributed by atoms with E-state index in [0.717, 1.165) is 31.4 Å². The molecule has 8 heteroatoms. The Morgan fingerprint density at radius 3 is 2.58 bits per heavy atom. The smallest absolute Gasteiger partial charge is 0.271 e. The topological polar surface area (TPSA) is 72.0 Å². The van der Waals surface area contributed by atoms with E-state index in [9.17, 15) is 8.42 Å². The Morgan fingerprint density at radius 1 is 1.00 bits per heavy atom. The molecule has 3 aromatic heterocycles. The first kappa shape index (κ1) is 17.1. The predicted molar refractivity (Wildman–Crippen MR) is 107 cm³/mol. The van der Waals surface area contributed by atoms with Gasteiger partial charge in [-0.3, -0.25) is 4.72 Å². The molecule has 0 atom stereocenters. The highest BCUT2D eigenvalue weighted by atomic mass is 32.2. The van der Waals surface area contributed by atoms with E-state index in [0.29, 0.717) is 9.90 Å². The summed E-state index contributed by atoms with van der Waals surface area (Å²) in [5.74, 6) is 0. The quantitative estimate of drug-likeness (QED) is 0.531. The summed E-state index contributed by atoms with van der Waals surface area (Å²) in [5.41, 5.74) is 3.13. The monoisotopic (exact) mass is 401 g/mol. The number of thiazole rings is 1. The molecule has 0 aliphatic heterocycles. The van der Waals surface area contributed by atoms with E-state index in [2.05, 4.69) is 14.7 Å². The SMILES string of the molecule is Cc1ccc(S(=O)(=O)Nc2cccc(-c3nc4cccnc4s3)c2C)s1. The van der Waals surface area contributed by atoms with Crippen LogP contribution in [0.25, 0.3) is 20.9 Å². The van der Waals surface area contributed by atoms with Gasteiger partial charge in [-0.1, -0.05) is 23.5 Å². The normalized spacial score (nSPS) is 11.8. The van der Waals surface area contributed by atoms with Gasteiger partial charge in [0.2, 0.25) is 0 Å². The van der Waals surface area contributed by atoms with Gasteiger partial charge in [0, 0.05) is 16.6 Å². The second-order valence-corrected chi connectivity index (χ2v) is 9.97. The zero-order valence-electron chi connectivity index (χ0n) is 14.1. The maximum Gasteiger partial charge on any atom is 0.271 e. The van der Waals surface area contributed by atoms with E-state index in [1.165, 1.54) is 22.7 Å². The minimum Gasteiger partial charge on any atom is -0.279 e. The number of benzene rings is 1. The van der Waals surface area contributed by atoms with Crippen molar-refractivity contribution in [1.29, 1.82) is 0 Å². The van der Waals surface area contributed by atoms with Gasteiger partial charge in [-0.05, 0) is 49.7 Å². The molecule has 0 unspecified atom stereocenters. The minimum atomic E-state index is -3.60. The van der Waals surface area contributed by atoms with Crippen LogP contribution >= 0.6 is 22.7 Å². The molecule has 0 fully saturated rings. The number of thiophene rings is 1. The van der Waals surface area contributed by atoms with E-state index in [-0.39, 0.29) is 0 Å². The molecule has 132 valence electrons. The van der Waals surface area contributed by atoms with Crippen LogP contribution in [-0.2, 0) is 10.0 Å². The summed E-state index contributed by atoms with van der Waals surface area (Å²) in [6.45, 7) is 3.78. The molecule has 0 aliphatic carbocycles. The molecule has 4 rings (SSSR count). The van der Waals surface area contributed by atoms with Crippen molar-refractivity contribution >= 4 is 48.7 Å². The molecule has 0 bridgehead atoms. The average molecular weight is 402 g/mol. The number of aromatic nitrogens is 2. The third-order valence-electron chi connectivity index (χ3n) is 3.96. The van der Waals surface area contributed by atoms with Crippen molar-refractivity contribution in [2.75, 3.05) is 4.72 Å². The molecule has 0 saturated carbocycles. The third kappa shape index (κ3) is 3.11. The predicted octanol–water partition coefficient (Wildman–Crippen LogP) is 4.84. The van der Waals surface area contributed by atoms with Crippen LogP contribution in [0.15, 0.2) is 52.9 Å². The number of nitrogens with zero attached hydrogens (tertiary/aromatic N) is 2. The molecule has 3 heterocycles. The number of hydrogen-bond acceptors (Lipinski definition) is 6. The summed E-state index contributed by atoms with van der Waals surface area (Å²) in [6, 6.07) is 12.7. The van der Waals surface area contributed by atoms with Crippen LogP contribution in [0, 0.1) is 13.8 Å². The van der Waals surface area contributed by atoms with Crippen LogP contribution < -0.4 is 4.72 Å². The molecule has 1 aromatic carbocycles. The molecule has 0 saturated heterocycles. The van der Waals surface area contributed by atoms with Gasteiger partial charge in [-0.25, -0.2) is 18.4 Å². The summed E-state index contributed by atoms with van der Waals surface area (Å²) in [6.07, 6.45) is 1.74. The maximum atomic E-state index is 12.6. The summed E-state index contributed by atoms with van der Waals surface area (Å²) in [7, 11) is -3.60. The Balaban J connectivity index is 1.74. The first-order valence-electron chi connectivity index (χ1n) is 7.85. The van der Waals surface area contributed by atoms with Gasteiger partial charge >= 0.3 is 0 Å². The van der Waals surface area contributed by atoms with E-state index < -0.39 is 10.0 Å². The molecule has 1 N–H and O–H groups in total. The van der Waals surface area contributed by atoms with Crippen LogP contribution in [0.1, 0.15) is 10.4 Å². The summed E-state index contributed by atoms with van der Waals surface area (Å²) in [5, 5.41) is 0.823. The zero-order chi connectivity index (χ0) is 18.3. The van der Waals surface area contributed by atoms with Crippen molar-refractivity contribution in [3.05, 3.63) is 59.1 Å². The number of pyridine rings is 1. The van der Waals surface area contributed by atoms with Crippen molar-refractivity contribution in [3.8, 4) is 10.6 Å². The molecule has 0 aliphatic rings. The zero-order valence-corrected chi connectivity index (χ0v) is 16.5. The van der Waals surface area contributed by atoms with Gasteiger partial charge in [0.05, 0.1) is 5.69 Å². The molecule has 4 aromatic rings. The van der Waals surface area contributed by atoms with Crippen molar-refractivity contribution < 1.29 is 8.42 Å². The lowest BCUT2D eigenvalue weighted by Gasteiger charge is -2.12. The van der Waals surface area contributed by atoms with Gasteiger partial charge in [-0.2, -0.15) is 0 Å². The summed E-state index contributed by atoms with van der Waals surface area (Å²) in [4.78, 5) is 10.8. The van der Waals surface area contributed by atoms with Crippen molar-refractivity contribution in [1.82, 2.24) is 9.97 Å². The lowest BCUT2D eigenvalue weighted by Crippen LogP contribution is -2.12. The molecule has 26 heavy (non-hydrogen) atoms. The van der Waals surface area contributed by atoms with Crippen molar-refractivity contribution in [3.63, 3.8) is 0 Å². The Hall–Kier alpha value is -2.29.